The van der Waals surface area contributed by atoms with Crippen molar-refractivity contribution in [2.75, 3.05) is 0 Å². The number of benzene rings is 1. The molecule has 3 nitrogen and oxygen atoms in total. The first-order chi connectivity index (χ1) is 9.20. The molecule has 0 N–H and O–H groups in total. The van der Waals surface area contributed by atoms with E-state index in [0.29, 0.717) is 5.69 Å². The number of rotatable bonds is 2. The van der Waals surface area contributed by atoms with Gasteiger partial charge in [0.25, 0.3) is 0 Å². The lowest BCUT2D eigenvalue weighted by Crippen LogP contribution is -2.11. The van der Waals surface area contributed by atoms with E-state index in [1.54, 1.807) is 11.6 Å². The molecule has 1 aromatic heterocycles. The molecular formula is C17H22N2O. The molecule has 0 saturated carbocycles. The van der Waals surface area contributed by atoms with Crippen LogP contribution in [0.1, 0.15) is 49.3 Å². The van der Waals surface area contributed by atoms with Crippen LogP contribution in [-0.2, 0) is 12.5 Å². The highest BCUT2D eigenvalue weighted by Crippen LogP contribution is 2.30. The van der Waals surface area contributed by atoms with Gasteiger partial charge in [-0.1, -0.05) is 32.9 Å². The Morgan fingerprint density at radius 1 is 1.20 bits per heavy atom. The van der Waals surface area contributed by atoms with Crippen molar-refractivity contribution >= 4 is 5.78 Å². The summed E-state index contributed by atoms with van der Waals surface area (Å²) in [4.78, 5) is 11.5. The second-order valence-corrected chi connectivity index (χ2v) is 6.37. The number of aromatic nitrogens is 2. The Labute approximate surface area is 120 Å². The third-order valence-electron chi connectivity index (χ3n) is 3.62. The fourth-order valence-electron chi connectivity index (χ4n) is 2.26. The van der Waals surface area contributed by atoms with E-state index in [1.807, 2.05) is 13.1 Å². The first kappa shape index (κ1) is 14.5. The molecule has 0 aliphatic carbocycles. The van der Waals surface area contributed by atoms with Crippen molar-refractivity contribution in [1.82, 2.24) is 9.78 Å². The molecule has 0 amide bonds. The number of hydrogen-bond acceptors (Lipinski definition) is 2. The third-order valence-corrected chi connectivity index (χ3v) is 3.62. The fraction of sp³-hybridized carbons (Fsp3) is 0.412. The van der Waals surface area contributed by atoms with E-state index in [0.717, 1.165) is 11.3 Å². The lowest BCUT2D eigenvalue weighted by Gasteiger charge is -2.20. The van der Waals surface area contributed by atoms with Crippen molar-refractivity contribution in [3.8, 4) is 11.3 Å². The Bertz CT molecular complexity index is 660. The largest absolute Gasteiger partial charge is 0.293 e. The maximum Gasteiger partial charge on any atom is 0.180 e. The molecule has 2 aromatic rings. The van der Waals surface area contributed by atoms with Crippen LogP contribution in [0.2, 0.25) is 0 Å². The number of ketones is 1. The van der Waals surface area contributed by atoms with E-state index < -0.39 is 0 Å². The number of carbonyl (C=O) groups excluding carboxylic acids is 1. The first-order valence-corrected chi connectivity index (χ1v) is 6.86. The van der Waals surface area contributed by atoms with Gasteiger partial charge in [-0.2, -0.15) is 5.10 Å². The van der Waals surface area contributed by atoms with E-state index in [9.17, 15) is 4.79 Å². The van der Waals surface area contributed by atoms with Gasteiger partial charge in [0.2, 0.25) is 0 Å². The SMILES string of the molecule is CC(=O)c1cc(-c2cc(C(C)(C)C)ccc2C)n(C)n1. The zero-order valence-corrected chi connectivity index (χ0v) is 13.1. The van der Waals surface area contributed by atoms with Crippen molar-refractivity contribution in [2.45, 2.75) is 40.0 Å². The Morgan fingerprint density at radius 3 is 2.35 bits per heavy atom. The second kappa shape index (κ2) is 4.89. The van der Waals surface area contributed by atoms with Crippen LogP contribution in [0.5, 0.6) is 0 Å². The second-order valence-electron chi connectivity index (χ2n) is 6.37. The highest BCUT2D eigenvalue weighted by atomic mass is 16.1. The molecule has 1 aromatic carbocycles. The topological polar surface area (TPSA) is 34.9 Å². The van der Waals surface area contributed by atoms with Crippen LogP contribution in [0.4, 0.5) is 0 Å². The molecule has 0 radical (unpaired) electrons. The van der Waals surface area contributed by atoms with Crippen molar-refractivity contribution in [1.29, 1.82) is 0 Å². The van der Waals surface area contributed by atoms with Crippen molar-refractivity contribution in [2.24, 2.45) is 7.05 Å². The molecule has 0 fully saturated rings. The number of hydrogen-bond donors (Lipinski definition) is 0. The summed E-state index contributed by atoms with van der Waals surface area (Å²) in [5.74, 6) is -0.00326. The average molecular weight is 270 g/mol. The Kier molecular flexibility index (Phi) is 3.55. The lowest BCUT2D eigenvalue weighted by atomic mass is 9.85. The number of nitrogens with zero attached hydrogens (tertiary/aromatic N) is 2. The van der Waals surface area contributed by atoms with E-state index in [2.05, 4.69) is 51.0 Å². The minimum absolute atomic E-state index is 0.00326. The molecule has 20 heavy (non-hydrogen) atoms. The lowest BCUT2D eigenvalue weighted by molar-refractivity contribution is 0.101. The van der Waals surface area contributed by atoms with Crippen LogP contribution in [0.15, 0.2) is 24.3 Å². The molecule has 0 atom stereocenters. The van der Waals surface area contributed by atoms with Gasteiger partial charge in [0.1, 0.15) is 5.69 Å². The monoisotopic (exact) mass is 270 g/mol. The predicted molar refractivity (Wildman–Crippen MR) is 82.1 cm³/mol. The molecule has 1 heterocycles. The molecular weight excluding hydrogens is 248 g/mol. The molecule has 0 saturated heterocycles. The number of carbonyl (C=O) groups is 1. The van der Waals surface area contributed by atoms with Crippen molar-refractivity contribution in [3.63, 3.8) is 0 Å². The average Bonchev–Trinajstić information content (AvgIpc) is 2.70. The normalized spacial score (nSPS) is 11.7. The highest BCUT2D eigenvalue weighted by Gasteiger charge is 2.17. The fourth-order valence-corrected chi connectivity index (χ4v) is 2.26. The minimum Gasteiger partial charge on any atom is -0.293 e. The van der Waals surface area contributed by atoms with Gasteiger partial charge in [0.05, 0.1) is 5.69 Å². The van der Waals surface area contributed by atoms with Crippen LogP contribution in [0, 0.1) is 6.92 Å². The van der Waals surface area contributed by atoms with Gasteiger partial charge >= 0.3 is 0 Å². The van der Waals surface area contributed by atoms with Gasteiger partial charge in [0, 0.05) is 19.5 Å². The molecule has 0 unspecified atom stereocenters. The third kappa shape index (κ3) is 2.67. The summed E-state index contributed by atoms with van der Waals surface area (Å²) in [6.07, 6.45) is 0. The van der Waals surface area contributed by atoms with Crippen LogP contribution >= 0.6 is 0 Å². The maximum absolute atomic E-state index is 11.5. The van der Waals surface area contributed by atoms with Crippen LogP contribution in [0.25, 0.3) is 11.3 Å². The molecule has 0 aliphatic rings. The zero-order chi connectivity index (χ0) is 15.1. The van der Waals surface area contributed by atoms with E-state index in [4.69, 9.17) is 0 Å². The predicted octanol–water partition coefficient (Wildman–Crippen LogP) is 3.90. The number of Topliss-reactive ketones (excluding diaryl/α,β-unsaturated/α-hetero) is 1. The van der Waals surface area contributed by atoms with Gasteiger partial charge in [-0.25, -0.2) is 0 Å². The highest BCUT2D eigenvalue weighted by molar-refractivity contribution is 5.93. The molecule has 2 rings (SSSR count). The van der Waals surface area contributed by atoms with Crippen molar-refractivity contribution in [3.05, 3.63) is 41.1 Å². The summed E-state index contributed by atoms with van der Waals surface area (Å²) in [5, 5.41) is 4.29. The van der Waals surface area contributed by atoms with Crippen LogP contribution < -0.4 is 0 Å². The molecule has 3 heteroatoms. The van der Waals surface area contributed by atoms with Crippen molar-refractivity contribution < 1.29 is 4.79 Å². The smallest absolute Gasteiger partial charge is 0.180 e. The summed E-state index contributed by atoms with van der Waals surface area (Å²) < 4.78 is 1.78. The van der Waals surface area contributed by atoms with Crippen LogP contribution in [0.3, 0.4) is 0 Å². The van der Waals surface area contributed by atoms with Crippen LogP contribution in [-0.4, -0.2) is 15.6 Å². The van der Waals surface area contributed by atoms with Gasteiger partial charge in [-0.05, 0) is 35.6 Å². The number of aryl methyl sites for hydroxylation is 2. The van der Waals surface area contributed by atoms with Gasteiger partial charge in [0.15, 0.2) is 5.78 Å². The van der Waals surface area contributed by atoms with E-state index >= 15 is 0 Å². The molecule has 106 valence electrons. The maximum atomic E-state index is 11.5. The molecule has 0 spiro atoms. The first-order valence-electron chi connectivity index (χ1n) is 6.86. The zero-order valence-electron chi connectivity index (χ0n) is 13.1. The quantitative estimate of drug-likeness (QED) is 0.776. The summed E-state index contributed by atoms with van der Waals surface area (Å²) in [6.45, 7) is 10.2. The van der Waals surface area contributed by atoms with Gasteiger partial charge in [-0.3, -0.25) is 9.48 Å². The summed E-state index contributed by atoms with van der Waals surface area (Å²) >= 11 is 0. The van der Waals surface area contributed by atoms with Gasteiger partial charge in [-0.15, -0.1) is 0 Å². The standard InChI is InChI=1S/C17H22N2O/c1-11-7-8-13(17(3,4)5)9-14(11)16-10-15(12(2)20)18-19(16)6/h7-10H,1-6H3. The Balaban J connectivity index is 2.60. The summed E-state index contributed by atoms with van der Waals surface area (Å²) in [6, 6.07) is 8.38. The minimum atomic E-state index is -0.00326. The van der Waals surface area contributed by atoms with E-state index in [1.165, 1.54) is 11.1 Å². The summed E-state index contributed by atoms with van der Waals surface area (Å²) in [7, 11) is 1.88. The Hall–Kier alpha value is -1.90. The summed E-state index contributed by atoms with van der Waals surface area (Å²) in [5.41, 5.74) is 5.21. The van der Waals surface area contributed by atoms with Gasteiger partial charge < -0.3 is 0 Å². The Morgan fingerprint density at radius 2 is 1.85 bits per heavy atom. The van der Waals surface area contributed by atoms with E-state index in [-0.39, 0.29) is 11.2 Å². The molecule has 0 bridgehead atoms. The molecule has 0 aliphatic heterocycles.